The molecule has 0 aromatic heterocycles. The fourth-order valence-corrected chi connectivity index (χ4v) is 4.99. The number of benzene rings is 1. The van der Waals surface area contributed by atoms with Crippen molar-refractivity contribution in [2.75, 3.05) is 0 Å². The summed E-state index contributed by atoms with van der Waals surface area (Å²) in [6, 6.07) is 3.71. The molecule has 0 aliphatic carbocycles. The van der Waals surface area contributed by atoms with Gasteiger partial charge in [-0.05, 0) is 44.4 Å². The van der Waals surface area contributed by atoms with Gasteiger partial charge in [0.15, 0.2) is 0 Å². The van der Waals surface area contributed by atoms with E-state index in [-0.39, 0.29) is 27.6 Å². The van der Waals surface area contributed by atoms with E-state index in [4.69, 9.17) is 16.7 Å². The highest BCUT2D eigenvalue weighted by molar-refractivity contribution is 7.89. The Labute approximate surface area is 129 Å². The smallest absolute Gasteiger partial charge is 0.337 e. The van der Waals surface area contributed by atoms with Gasteiger partial charge in [0.05, 0.1) is 15.5 Å². The Balaban J connectivity index is 2.49. The number of carbonyl (C=O) groups is 1. The van der Waals surface area contributed by atoms with Crippen molar-refractivity contribution in [2.24, 2.45) is 0 Å². The zero-order valence-electron chi connectivity index (χ0n) is 11.9. The molecule has 7 heteroatoms. The minimum Gasteiger partial charge on any atom is -0.478 e. The molecular formula is C14H18ClNO4S. The maximum atomic E-state index is 12.8. The third-order valence-electron chi connectivity index (χ3n) is 3.93. The first-order valence-corrected chi connectivity index (χ1v) is 8.67. The molecule has 1 N–H and O–H groups in total. The van der Waals surface area contributed by atoms with Crippen LogP contribution in [-0.4, -0.2) is 35.9 Å². The lowest BCUT2D eigenvalue weighted by molar-refractivity contribution is 0.0697. The van der Waals surface area contributed by atoms with Crippen molar-refractivity contribution in [1.29, 1.82) is 0 Å². The maximum absolute atomic E-state index is 12.8. The minimum absolute atomic E-state index is 0.0171. The number of hydrogen-bond donors (Lipinski definition) is 1. The summed E-state index contributed by atoms with van der Waals surface area (Å²) in [6.45, 7) is 3.83. The van der Waals surface area contributed by atoms with Crippen molar-refractivity contribution in [3.8, 4) is 0 Å². The van der Waals surface area contributed by atoms with E-state index >= 15 is 0 Å². The molecule has 1 aliphatic heterocycles. The molecule has 5 nitrogen and oxygen atoms in total. The highest BCUT2D eigenvalue weighted by Crippen LogP contribution is 2.33. The summed E-state index contributed by atoms with van der Waals surface area (Å²) in [5.74, 6) is -1.24. The van der Waals surface area contributed by atoms with Crippen molar-refractivity contribution >= 4 is 27.6 Å². The molecule has 1 heterocycles. The standard InChI is InChI=1S/C14H18ClNO4S/c1-3-10-5-4-9(2)16(10)21(19,20)11-6-7-13(15)12(8-11)14(17)18/h6-10H,3-5H2,1-2H3,(H,17,18). The summed E-state index contributed by atoms with van der Waals surface area (Å²) in [6.07, 6.45) is 2.39. The summed E-state index contributed by atoms with van der Waals surface area (Å²) in [4.78, 5) is 11.1. The van der Waals surface area contributed by atoms with Crippen LogP contribution in [-0.2, 0) is 10.0 Å². The molecule has 116 valence electrons. The third-order valence-corrected chi connectivity index (χ3v) is 6.32. The van der Waals surface area contributed by atoms with E-state index in [0.29, 0.717) is 0 Å². The van der Waals surface area contributed by atoms with Crippen LogP contribution in [0.15, 0.2) is 23.1 Å². The first kappa shape index (κ1) is 16.3. The molecule has 1 fully saturated rings. The van der Waals surface area contributed by atoms with Crippen LogP contribution in [0.3, 0.4) is 0 Å². The number of hydrogen-bond acceptors (Lipinski definition) is 3. The van der Waals surface area contributed by atoms with E-state index in [1.165, 1.54) is 16.4 Å². The molecule has 1 aliphatic rings. The van der Waals surface area contributed by atoms with Crippen LogP contribution in [0.5, 0.6) is 0 Å². The number of nitrogens with zero attached hydrogens (tertiary/aromatic N) is 1. The summed E-state index contributed by atoms with van der Waals surface area (Å²) in [5, 5.41) is 9.11. The molecule has 0 saturated carbocycles. The number of rotatable bonds is 4. The molecule has 0 radical (unpaired) electrons. The van der Waals surface area contributed by atoms with Gasteiger partial charge in [0, 0.05) is 12.1 Å². The van der Waals surface area contributed by atoms with Crippen LogP contribution in [0, 0.1) is 0 Å². The Morgan fingerprint density at radius 2 is 2.10 bits per heavy atom. The fraction of sp³-hybridized carbons (Fsp3) is 0.500. The number of aromatic carboxylic acids is 1. The average Bonchev–Trinajstić information content (AvgIpc) is 2.80. The molecule has 0 amide bonds. The molecule has 1 aromatic carbocycles. The van der Waals surface area contributed by atoms with Gasteiger partial charge in [-0.1, -0.05) is 18.5 Å². The first-order chi connectivity index (χ1) is 9.78. The van der Waals surface area contributed by atoms with Gasteiger partial charge in [0.1, 0.15) is 0 Å². The lowest BCUT2D eigenvalue weighted by Gasteiger charge is -2.27. The van der Waals surface area contributed by atoms with Gasteiger partial charge in [0.2, 0.25) is 10.0 Å². The average molecular weight is 332 g/mol. The largest absolute Gasteiger partial charge is 0.478 e. The zero-order chi connectivity index (χ0) is 15.8. The molecule has 2 unspecified atom stereocenters. The molecular weight excluding hydrogens is 314 g/mol. The predicted molar refractivity (Wildman–Crippen MR) is 80.2 cm³/mol. The van der Waals surface area contributed by atoms with E-state index in [1.54, 1.807) is 0 Å². The zero-order valence-corrected chi connectivity index (χ0v) is 13.5. The lowest BCUT2D eigenvalue weighted by atomic mass is 10.2. The SMILES string of the molecule is CCC1CCC(C)N1S(=O)(=O)c1ccc(Cl)c(C(=O)O)c1. The minimum atomic E-state index is -3.71. The van der Waals surface area contributed by atoms with E-state index in [2.05, 4.69) is 0 Å². The van der Waals surface area contributed by atoms with Gasteiger partial charge in [-0.15, -0.1) is 0 Å². The molecule has 2 rings (SSSR count). The van der Waals surface area contributed by atoms with Gasteiger partial charge in [-0.2, -0.15) is 4.31 Å². The van der Waals surface area contributed by atoms with Crippen LogP contribution >= 0.6 is 11.6 Å². The normalized spacial score (nSPS) is 23.4. The van der Waals surface area contributed by atoms with Crippen molar-refractivity contribution in [1.82, 2.24) is 4.31 Å². The van der Waals surface area contributed by atoms with E-state index < -0.39 is 16.0 Å². The quantitative estimate of drug-likeness (QED) is 0.920. The monoisotopic (exact) mass is 331 g/mol. The molecule has 21 heavy (non-hydrogen) atoms. The molecule has 2 atom stereocenters. The Hall–Kier alpha value is -1.11. The van der Waals surface area contributed by atoms with Crippen molar-refractivity contribution in [3.63, 3.8) is 0 Å². The van der Waals surface area contributed by atoms with Crippen molar-refractivity contribution in [2.45, 2.75) is 50.1 Å². The maximum Gasteiger partial charge on any atom is 0.337 e. The molecule has 0 bridgehead atoms. The second-order valence-corrected chi connectivity index (χ2v) is 7.52. The van der Waals surface area contributed by atoms with E-state index in [1.807, 2.05) is 13.8 Å². The number of carboxylic acid groups (broad SMARTS) is 1. The van der Waals surface area contributed by atoms with Crippen LogP contribution < -0.4 is 0 Å². The number of sulfonamides is 1. The third kappa shape index (κ3) is 2.93. The topological polar surface area (TPSA) is 74.7 Å². The first-order valence-electron chi connectivity index (χ1n) is 6.85. The molecule has 1 aromatic rings. The Kier molecular flexibility index (Phi) is 4.60. The van der Waals surface area contributed by atoms with Crippen molar-refractivity contribution in [3.05, 3.63) is 28.8 Å². The summed E-state index contributed by atoms with van der Waals surface area (Å²) in [5.41, 5.74) is -0.197. The second-order valence-electron chi connectivity index (χ2n) is 5.27. The Morgan fingerprint density at radius 3 is 2.67 bits per heavy atom. The summed E-state index contributed by atoms with van der Waals surface area (Å²) < 4.78 is 27.1. The highest BCUT2D eigenvalue weighted by atomic mass is 35.5. The van der Waals surface area contributed by atoms with Gasteiger partial charge in [-0.25, -0.2) is 13.2 Å². The highest BCUT2D eigenvalue weighted by Gasteiger charge is 2.39. The van der Waals surface area contributed by atoms with Crippen LogP contribution in [0.4, 0.5) is 0 Å². The molecule has 0 spiro atoms. The second kappa shape index (κ2) is 5.94. The lowest BCUT2D eigenvalue weighted by Crippen LogP contribution is -2.39. The van der Waals surface area contributed by atoms with Crippen LogP contribution in [0.2, 0.25) is 5.02 Å². The van der Waals surface area contributed by atoms with Gasteiger partial charge in [0.25, 0.3) is 0 Å². The fourth-order valence-electron chi connectivity index (χ4n) is 2.82. The van der Waals surface area contributed by atoms with Gasteiger partial charge >= 0.3 is 5.97 Å². The van der Waals surface area contributed by atoms with Crippen LogP contribution in [0.1, 0.15) is 43.5 Å². The summed E-state index contributed by atoms with van der Waals surface area (Å²) in [7, 11) is -3.71. The predicted octanol–water partition coefficient (Wildman–Crippen LogP) is 2.99. The van der Waals surface area contributed by atoms with Gasteiger partial charge < -0.3 is 5.11 Å². The Bertz CT molecular complexity index is 659. The number of halogens is 1. The number of carboxylic acids is 1. The Morgan fingerprint density at radius 1 is 1.43 bits per heavy atom. The summed E-state index contributed by atoms with van der Waals surface area (Å²) >= 11 is 5.80. The molecule has 1 saturated heterocycles. The van der Waals surface area contributed by atoms with E-state index in [0.717, 1.165) is 25.3 Å². The van der Waals surface area contributed by atoms with Gasteiger partial charge in [-0.3, -0.25) is 0 Å². The van der Waals surface area contributed by atoms with Crippen molar-refractivity contribution < 1.29 is 18.3 Å². The van der Waals surface area contributed by atoms with E-state index in [9.17, 15) is 13.2 Å². The van der Waals surface area contributed by atoms with Crippen LogP contribution in [0.25, 0.3) is 0 Å².